The zero-order valence-electron chi connectivity index (χ0n) is 10.0. The summed E-state index contributed by atoms with van der Waals surface area (Å²) in [5, 5.41) is 13.2. The zero-order valence-corrected chi connectivity index (χ0v) is 10.0. The Balaban J connectivity index is 1.89. The summed E-state index contributed by atoms with van der Waals surface area (Å²) in [5.41, 5.74) is 1.45. The van der Waals surface area contributed by atoms with E-state index in [0.29, 0.717) is 5.69 Å². The quantitative estimate of drug-likeness (QED) is 0.739. The molecule has 0 spiro atoms. The number of anilines is 1. The maximum Gasteiger partial charge on any atom is 0.147 e. The van der Waals surface area contributed by atoms with Gasteiger partial charge in [0, 0.05) is 18.4 Å². The molecule has 0 N–H and O–H groups in total. The van der Waals surface area contributed by atoms with Gasteiger partial charge in [0.25, 0.3) is 0 Å². The Kier molecular flexibility index (Phi) is 2.45. The minimum Gasteiger partial charge on any atom is -0.362 e. The zero-order chi connectivity index (χ0) is 12.5. The standard InChI is InChI=1S/C12H12N6/c1-9-15-12-8-17(4-5-18(12)16-9)11-2-3-14-10(6-11)7-13/h2-3,6H,4-5,8H2,1H3. The van der Waals surface area contributed by atoms with Crippen LogP contribution in [0.4, 0.5) is 5.69 Å². The maximum atomic E-state index is 8.86. The Morgan fingerprint density at radius 3 is 3.11 bits per heavy atom. The van der Waals surface area contributed by atoms with Gasteiger partial charge in [0.1, 0.15) is 23.4 Å². The van der Waals surface area contributed by atoms with E-state index in [1.807, 2.05) is 17.7 Å². The number of rotatable bonds is 1. The average molecular weight is 240 g/mol. The molecule has 90 valence electrons. The second-order valence-corrected chi connectivity index (χ2v) is 4.23. The van der Waals surface area contributed by atoms with Crippen LogP contribution < -0.4 is 4.90 Å². The van der Waals surface area contributed by atoms with Crippen LogP contribution in [0.1, 0.15) is 17.3 Å². The van der Waals surface area contributed by atoms with Crippen molar-refractivity contribution in [3.05, 3.63) is 35.7 Å². The SMILES string of the molecule is Cc1nc2n(n1)CCN(c1ccnc(C#N)c1)C2. The minimum atomic E-state index is 0.440. The van der Waals surface area contributed by atoms with Crippen LogP contribution in [0.15, 0.2) is 18.3 Å². The molecule has 0 amide bonds. The molecule has 0 aliphatic carbocycles. The number of nitriles is 1. The van der Waals surface area contributed by atoms with E-state index in [0.717, 1.165) is 37.0 Å². The first-order chi connectivity index (χ1) is 8.76. The molecule has 0 fully saturated rings. The van der Waals surface area contributed by atoms with Gasteiger partial charge in [0.05, 0.1) is 13.1 Å². The molecule has 0 saturated heterocycles. The third kappa shape index (κ3) is 1.80. The van der Waals surface area contributed by atoms with Gasteiger partial charge in [-0.2, -0.15) is 10.4 Å². The van der Waals surface area contributed by atoms with Crippen LogP contribution >= 0.6 is 0 Å². The fraction of sp³-hybridized carbons (Fsp3) is 0.333. The molecule has 0 bridgehead atoms. The van der Waals surface area contributed by atoms with Crippen LogP contribution in [0.25, 0.3) is 0 Å². The van der Waals surface area contributed by atoms with E-state index in [1.165, 1.54) is 0 Å². The molecule has 2 aromatic heterocycles. The van der Waals surface area contributed by atoms with Gasteiger partial charge in [-0.1, -0.05) is 0 Å². The monoisotopic (exact) mass is 240 g/mol. The lowest BCUT2D eigenvalue weighted by Crippen LogP contribution is -2.34. The minimum absolute atomic E-state index is 0.440. The predicted molar refractivity (Wildman–Crippen MR) is 64.8 cm³/mol. The number of hydrogen-bond donors (Lipinski definition) is 0. The van der Waals surface area contributed by atoms with Crippen LogP contribution in [0, 0.1) is 18.3 Å². The third-order valence-electron chi connectivity index (χ3n) is 2.99. The Morgan fingerprint density at radius 1 is 1.39 bits per heavy atom. The fourth-order valence-corrected chi connectivity index (χ4v) is 2.16. The van der Waals surface area contributed by atoms with Gasteiger partial charge in [0.15, 0.2) is 0 Å². The Hall–Kier alpha value is -2.42. The molecule has 6 nitrogen and oxygen atoms in total. The highest BCUT2D eigenvalue weighted by Crippen LogP contribution is 2.19. The summed E-state index contributed by atoms with van der Waals surface area (Å²) in [5.74, 6) is 1.77. The van der Waals surface area contributed by atoms with Crippen LogP contribution in [-0.2, 0) is 13.1 Å². The molecule has 0 radical (unpaired) electrons. The van der Waals surface area contributed by atoms with Crippen molar-refractivity contribution in [3.63, 3.8) is 0 Å². The van der Waals surface area contributed by atoms with Crippen molar-refractivity contribution in [2.45, 2.75) is 20.0 Å². The molecule has 1 aliphatic rings. The second kappa shape index (κ2) is 4.11. The summed E-state index contributed by atoms with van der Waals surface area (Å²) in [4.78, 5) is 10.6. The Labute approximate surface area is 105 Å². The summed E-state index contributed by atoms with van der Waals surface area (Å²) in [6.45, 7) is 4.30. The van der Waals surface area contributed by atoms with Crippen molar-refractivity contribution < 1.29 is 0 Å². The van der Waals surface area contributed by atoms with Crippen LogP contribution in [-0.4, -0.2) is 26.3 Å². The normalized spacial score (nSPS) is 14.1. The highest BCUT2D eigenvalue weighted by molar-refractivity contribution is 5.49. The maximum absolute atomic E-state index is 8.86. The third-order valence-corrected chi connectivity index (χ3v) is 2.99. The summed E-state index contributed by atoms with van der Waals surface area (Å²) in [6, 6.07) is 5.78. The molecule has 3 rings (SSSR count). The molecule has 0 atom stereocenters. The molecule has 3 heterocycles. The number of pyridine rings is 1. The van der Waals surface area contributed by atoms with Gasteiger partial charge < -0.3 is 4.90 Å². The molecular formula is C12H12N6. The molecule has 18 heavy (non-hydrogen) atoms. The van der Waals surface area contributed by atoms with Crippen molar-refractivity contribution >= 4 is 5.69 Å². The van der Waals surface area contributed by atoms with E-state index in [9.17, 15) is 0 Å². The largest absolute Gasteiger partial charge is 0.362 e. The predicted octanol–water partition coefficient (Wildman–Crippen LogP) is 0.873. The van der Waals surface area contributed by atoms with Crippen LogP contribution in [0.2, 0.25) is 0 Å². The van der Waals surface area contributed by atoms with E-state index < -0.39 is 0 Å². The van der Waals surface area contributed by atoms with E-state index in [4.69, 9.17) is 5.26 Å². The van der Waals surface area contributed by atoms with E-state index in [1.54, 1.807) is 12.3 Å². The summed E-state index contributed by atoms with van der Waals surface area (Å²) in [6.07, 6.45) is 1.67. The molecule has 2 aromatic rings. The number of nitrogens with zero attached hydrogens (tertiary/aromatic N) is 6. The van der Waals surface area contributed by atoms with Crippen LogP contribution in [0.3, 0.4) is 0 Å². The average Bonchev–Trinajstić information content (AvgIpc) is 2.77. The highest BCUT2D eigenvalue weighted by Gasteiger charge is 2.19. The van der Waals surface area contributed by atoms with E-state index >= 15 is 0 Å². The van der Waals surface area contributed by atoms with Crippen molar-refractivity contribution in [2.24, 2.45) is 0 Å². The Morgan fingerprint density at radius 2 is 2.28 bits per heavy atom. The summed E-state index contributed by atoms with van der Waals surface area (Å²) in [7, 11) is 0. The van der Waals surface area contributed by atoms with Gasteiger partial charge in [-0.3, -0.25) is 0 Å². The van der Waals surface area contributed by atoms with Gasteiger partial charge in [0.2, 0.25) is 0 Å². The smallest absolute Gasteiger partial charge is 0.147 e. The molecular weight excluding hydrogens is 228 g/mol. The van der Waals surface area contributed by atoms with Crippen molar-refractivity contribution in [1.29, 1.82) is 5.26 Å². The number of hydrogen-bond acceptors (Lipinski definition) is 5. The van der Waals surface area contributed by atoms with Crippen molar-refractivity contribution in [1.82, 2.24) is 19.7 Å². The number of aromatic nitrogens is 4. The molecule has 0 aromatic carbocycles. The first-order valence-electron chi connectivity index (χ1n) is 5.78. The molecule has 0 saturated carbocycles. The lowest BCUT2D eigenvalue weighted by molar-refractivity contribution is 0.511. The number of aryl methyl sites for hydroxylation is 1. The molecule has 0 unspecified atom stereocenters. The summed E-state index contributed by atoms with van der Waals surface area (Å²) < 4.78 is 1.94. The van der Waals surface area contributed by atoms with E-state index in [-0.39, 0.29) is 0 Å². The lowest BCUT2D eigenvalue weighted by atomic mass is 10.2. The van der Waals surface area contributed by atoms with Crippen LogP contribution in [0.5, 0.6) is 0 Å². The van der Waals surface area contributed by atoms with E-state index in [2.05, 4.69) is 26.0 Å². The first-order valence-corrected chi connectivity index (χ1v) is 5.78. The molecule has 1 aliphatic heterocycles. The fourth-order valence-electron chi connectivity index (χ4n) is 2.16. The number of fused-ring (bicyclic) bond motifs is 1. The van der Waals surface area contributed by atoms with Crippen molar-refractivity contribution in [2.75, 3.05) is 11.4 Å². The summed E-state index contributed by atoms with van der Waals surface area (Å²) >= 11 is 0. The van der Waals surface area contributed by atoms with Gasteiger partial charge in [-0.25, -0.2) is 14.6 Å². The lowest BCUT2D eigenvalue weighted by Gasteiger charge is -2.28. The Bertz CT molecular complexity index is 624. The van der Waals surface area contributed by atoms with Crippen molar-refractivity contribution in [3.8, 4) is 6.07 Å². The second-order valence-electron chi connectivity index (χ2n) is 4.23. The van der Waals surface area contributed by atoms with Gasteiger partial charge in [-0.05, 0) is 19.1 Å². The molecule has 6 heteroatoms. The van der Waals surface area contributed by atoms with Gasteiger partial charge >= 0.3 is 0 Å². The highest BCUT2D eigenvalue weighted by atomic mass is 15.4. The topological polar surface area (TPSA) is 70.6 Å². The first kappa shape index (κ1) is 10.7. The van der Waals surface area contributed by atoms with Gasteiger partial charge in [-0.15, -0.1) is 0 Å².